The van der Waals surface area contributed by atoms with Crippen molar-refractivity contribution < 1.29 is 9.18 Å². The summed E-state index contributed by atoms with van der Waals surface area (Å²) in [6.45, 7) is 0. The van der Waals surface area contributed by atoms with E-state index in [0.717, 1.165) is 11.4 Å². The first-order valence-corrected chi connectivity index (χ1v) is 6.36. The van der Waals surface area contributed by atoms with Crippen LogP contribution in [0, 0.1) is 5.82 Å². The fraction of sp³-hybridized carbons (Fsp3) is 0.188. The fourth-order valence-electron chi connectivity index (χ4n) is 1.88. The van der Waals surface area contributed by atoms with E-state index in [1.807, 2.05) is 43.3 Å². The van der Waals surface area contributed by atoms with Crippen molar-refractivity contribution in [1.82, 2.24) is 0 Å². The van der Waals surface area contributed by atoms with E-state index >= 15 is 0 Å². The predicted octanol–water partition coefficient (Wildman–Crippen LogP) is 3.07. The number of anilines is 2. The summed E-state index contributed by atoms with van der Waals surface area (Å²) in [5.41, 5.74) is 2.46. The molecule has 0 atom stereocenters. The van der Waals surface area contributed by atoms with Crippen LogP contribution in [0.5, 0.6) is 0 Å². The van der Waals surface area contributed by atoms with Gasteiger partial charge in [-0.3, -0.25) is 4.79 Å². The molecule has 0 heterocycles. The second-order valence-corrected chi connectivity index (χ2v) is 4.80. The van der Waals surface area contributed by atoms with Crippen molar-refractivity contribution >= 4 is 17.3 Å². The van der Waals surface area contributed by atoms with Crippen LogP contribution in [0.2, 0.25) is 0 Å². The Labute approximate surface area is 118 Å². The zero-order valence-corrected chi connectivity index (χ0v) is 11.6. The Kier molecular flexibility index (Phi) is 4.35. The van der Waals surface area contributed by atoms with Crippen molar-refractivity contribution in [2.45, 2.75) is 6.42 Å². The Bertz CT molecular complexity index is 594. The molecule has 0 saturated carbocycles. The van der Waals surface area contributed by atoms with E-state index in [9.17, 15) is 9.18 Å². The van der Waals surface area contributed by atoms with Crippen LogP contribution in [0.4, 0.5) is 15.8 Å². The van der Waals surface area contributed by atoms with Crippen LogP contribution in [0.25, 0.3) is 0 Å². The third-order valence-electron chi connectivity index (χ3n) is 2.92. The van der Waals surface area contributed by atoms with E-state index in [0.29, 0.717) is 5.56 Å². The van der Waals surface area contributed by atoms with E-state index < -0.39 is 0 Å². The van der Waals surface area contributed by atoms with Gasteiger partial charge in [0.25, 0.3) is 0 Å². The van der Waals surface area contributed by atoms with Gasteiger partial charge in [0.2, 0.25) is 5.91 Å². The molecule has 0 spiro atoms. The smallest absolute Gasteiger partial charge is 0.228 e. The number of benzene rings is 2. The Morgan fingerprint density at radius 3 is 2.45 bits per heavy atom. The van der Waals surface area contributed by atoms with Gasteiger partial charge >= 0.3 is 0 Å². The lowest BCUT2D eigenvalue weighted by atomic mass is 10.1. The van der Waals surface area contributed by atoms with Crippen LogP contribution >= 0.6 is 0 Å². The van der Waals surface area contributed by atoms with E-state index in [2.05, 4.69) is 5.32 Å². The van der Waals surface area contributed by atoms with Crippen molar-refractivity contribution in [2.24, 2.45) is 0 Å². The van der Waals surface area contributed by atoms with Gasteiger partial charge in [0.05, 0.1) is 6.42 Å². The minimum Gasteiger partial charge on any atom is -0.378 e. The molecule has 0 bridgehead atoms. The Balaban J connectivity index is 1.97. The summed E-state index contributed by atoms with van der Waals surface area (Å²) in [7, 11) is 3.91. The van der Waals surface area contributed by atoms with E-state index in [1.165, 1.54) is 12.1 Å². The third kappa shape index (κ3) is 3.82. The zero-order valence-electron chi connectivity index (χ0n) is 11.6. The van der Waals surface area contributed by atoms with Crippen molar-refractivity contribution in [3.63, 3.8) is 0 Å². The van der Waals surface area contributed by atoms with Gasteiger partial charge in [-0.15, -0.1) is 0 Å². The maximum Gasteiger partial charge on any atom is 0.228 e. The Hall–Kier alpha value is -2.36. The van der Waals surface area contributed by atoms with Crippen LogP contribution < -0.4 is 10.2 Å². The number of hydrogen-bond donors (Lipinski definition) is 1. The number of carbonyl (C=O) groups excluding carboxylic acids is 1. The number of hydrogen-bond acceptors (Lipinski definition) is 2. The van der Waals surface area contributed by atoms with Gasteiger partial charge in [-0.2, -0.15) is 0 Å². The monoisotopic (exact) mass is 272 g/mol. The first kappa shape index (κ1) is 14.1. The fourth-order valence-corrected chi connectivity index (χ4v) is 1.88. The summed E-state index contributed by atoms with van der Waals surface area (Å²) in [5, 5.41) is 2.80. The molecule has 1 amide bonds. The molecule has 0 aliphatic carbocycles. The second-order valence-electron chi connectivity index (χ2n) is 4.80. The van der Waals surface area contributed by atoms with Gasteiger partial charge in [0.15, 0.2) is 0 Å². The highest BCUT2D eigenvalue weighted by Crippen LogP contribution is 2.16. The van der Waals surface area contributed by atoms with E-state index in [1.54, 1.807) is 12.1 Å². The average molecular weight is 272 g/mol. The molecular weight excluding hydrogens is 255 g/mol. The molecule has 0 aliphatic rings. The largest absolute Gasteiger partial charge is 0.378 e. The lowest BCUT2D eigenvalue weighted by molar-refractivity contribution is -0.115. The molecule has 0 aromatic heterocycles. The number of nitrogens with zero attached hydrogens (tertiary/aromatic N) is 1. The number of nitrogens with one attached hydrogen (secondary N) is 1. The minimum absolute atomic E-state index is 0.159. The molecule has 2 rings (SSSR count). The van der Waals surface area contributed by atoms with E-state index in [4.69, 9.17) is 0 Å². The summed E-state index contributed by atoms with van der Waals surface area (Å²) in [4.78, 5) is 13.9. The lowest BCUT2D eigenvalue weighted by Gasteiger charge is -2.13. The minimum atomic E-state index is -0.328. The summed E-state index contributed by atoms with van der Waals surface area (Å²) in [6.07, 6.45) is 0.160. The molecule has 0 radical (unpaired) electrons. The maximum atomic E-state index is 13.0. The molecule has 1 N–H and O–H groups in total. The van der Waals surface area contributed by atoms with Crippen LogP contribution in [-0.2, 0) is 11.2 Å². The number of carbonyl (C=O) groups is 1. The summed E-state index contributed by atoms with van der Waals surface area (Å²) in [6, 6.07) is 13.6. The van der Waals surface area contributed by atoms with Gasteiger partial charge in [0.1, 0.15) is 5.82 Å². The molecule has 20 heavy (non-hydrogen) atoms. The van der Waals surface area contributed by atoms with Crippen molar-refractivity contribution in [3.05, 3.63) is 59.9 Å². The molecule has 2 aromatic rings. The molecule has 104 valence electrons. The van der Waals surface area contributed by atoms with Crippen molar-refractivity contribution in [2.75, 3.05) is 24.3 Å². The van der Waals surface area contributed by atoms with Gasteiger partial charge in [-0.25, -0.2) is 4.39 Å². The summed E-state index contributed by atoms with van der Waals surface area (Å²) >= 11 is 0. The van der Waals surface area contributed by atoms with E-state index in [-0.39, 0.29) is 18.1 Å². The highest BCUT2D eigenvalue weighted by molar-refractivity contribution is 5.92. The third-order valence-corrected chi connectivity index (χ3v) is 2.92. The predicted molar refractivity (Wildman–Crippen MR) is 79.5 cm³/mol. The average Bonchev–Trinajstić information content (AvgIpc) is 2.39. The van der Waals surface area contributed by atoms with Gasteiger partial charge in [-0.1, -0.05) is 12.1 Å². The highest BCUT2D eigenvalue weighted by atomic mass is 19.1. The standard InChI is InChI=1S/C16H17FN2O/c1-19(2)15-8-6-14(7-9-15)18-16(20)11-12-4-3-5-13(17)10-12/h3-10H,11H2,1-2H3,(H,18,20). The van der Waals surface area contributed by atoms with Crippen LogP contribution in [0.1, 0.15) is 5.56 Å². The SMILES string of the molecule is CN(C)c1ccc(NC(=O)Cc2cccc(F)c2)cc1. The van der Waals surface area contributed by atoms with Crippen LogP contribution in [-0.4, -0.2) is 20.0 Å². The Morgan fingerprint density at radius 1 is 1.15 bits per heavy atom. The normalized spacial score (nSPS) is 10.2. The molecule has 0 unspecified atom stereocenters. The lowest BCUT2D eigenvalue weighted by Crippen LogP contribution is -2.14. The van der Waals surface area contributed by atoms with Gasteiger partial charge < -0.3 is 10.2 Å². The number of rotatable bonds is 4. The molecular formula is C16H17FN2O. The summed E-state index contributed by atoms with van der Waals surface area (Å²) < 4.78 is 13.0. The van der Waals surface area contributed by atoms with Crippen molar-refractivity contribution in [1.29, 1.82) is 0 Å². The molecule has 4 heteroatoms. The first-order valence-electron chi connectivity index (χ1n) is 6.36. The van der Waals surface area contributed by atoms with Gasteiger partial charge in [-0.05, 0) is 42.0 Å². The quantitative estimate of drug-likeness (QED) is 0.927. The highest BCUT2D eigenvalue weighted by Gasteiger charge is 2.05. The Morgan fingerprint density at radius 2 is 1.85 bits per heavy atom. The van der Waals surface area contributed by atoms with Crippen LogP contribution in [0.15, 0.2) is 48.5 Å². The number of amides is 1. The van der Waals surface area contributed by atoms with Crippen molar-refractivity contribution in [3.8, 4) is 0 Å². The van der Waals surface area contributed by atoms with Crippen LogP contribution in [0.3, 0.4) is 0 Å². The molecule has 0 fully saturated rings. The molecule has 0 saturated heterocycles. The molecule has 2 aromatic carbocycles. The molecule has 3 nitrogen and oxygen atoms in total. The van der Waals surface area contributed by atoms with Gasteiger partial charge in [0, 0.05) is 25.5 Å². The molecule has 0 aliphatic heterocycles. The first-order chi connectivity index (χ1) is 9.54. The maximum absolute atomic E-state index is 13.0. The topological polar surface area (TPSA) is 32.3 Å². The second kappa shape index (κ2) is 6.19. The summed E-state index contributed by atoms with van der Waals surface area (Å²) in [5.74, 6) is -0.487. The number of halogens is 1. The zero-order chi connectivity index (χ0) is 14.5.